The van der Waals surface area contributed by atoms with E-state index in [1.807, 2.05) is 13.2 Å². The smallest absolute Gasteiger partial charge is 0.259 e. The summed E-state index contributed by atoms with van der Waals surface area (Å²) in [5.74, 6) is -0.331. The molecule has 0 unspecified atom stereocenters. The van der Waals surface area contributed by atoms with Crippen molar-refractivity contribution in [2.24, 2.45) is 0 Å². The minimum absolute atomic E-state index is 0.331. The second-order valence-corrected chi connectivity index (χ2v) is 3.54. The zero-order valence-corrected chi connectivity index (χ0v) is 7.29. The van der Waals surface area contributed by atoms with Gasteiger partial charge in [-0.3, -0.25) is 10.0 Å². The number of nitrogens with one attached hydrogen (secondary N) is 1. The molecule has 0 aliphatic heterocycles. The number of carbonyl (C=O) groups excluding carboxylic acids is 1. The molecule has 0 saturated carbocycles. The summed E-state index contributed by atoms with van der Waals surface area (Å²) < 4.78 is -0.491. The molecule has 0 bridgehead atoms. The zero-order chi connectivity index (χ0) is 8.20. The van der Waals surface area contributed by atoms with E-state index in [1.165, 1.54) is 11.8 Å². The van der Waals surface area contributed by atoms with Crippen molar-refractivity contribution in [3.8, 4) is 0 Å². The molecule has 0 saturated heterocycles. The summed E-state index contributed by atoms with van der Waals surface area (Å²) in [6, 6.07) is 0. The first kappa shape index (κ1) is 9.78. The van der Waals surface area contributed by atoms with Gasteiger partial charge in [0.05, 0.1) is 4.75 Å². The summed E-state index contributed by atoms with van der Waals surface area (Å²) >= 11 is 1.43. The molecular weight excluding hydrogens is 150 g/mol. The summed E-state index contributed by atoms with van der Waals surface area (Å²) in [5, 5.41) is 8.32. The van der Waals surface area contributed by atoms with E-state index in [4.69, 9.17) is 5.21 Å². The van der Waals surface area contributed by atoms with Gasteiger partial charge in [-0.15, -0.1) is 11.8 Å². The van der Waals surface area contributed by atoms with Gasteiger partial charge in [0.25, 0.3) is 5.91 Å². The first-order valence-electron chi connectivity index (χ1n) is 3.10. The van der Waals surface area contributed by atoms with Gasteiger partial charge < -0.3 is 0 Å². The van der Waals surface area contributed by atoms with Crippen molar-refractivity contribution < 1.29 is 10.0 Å². The minimum atomic E-state index is -0.491. The van der Waals surface area contributed by atoms with Crippen LogP contribution in [-0.2, 0) is 4.79 Å². The van der Waals surface area contributed by atoms with Gasteiger partial charge in [-0.1, -0.05) is 6.92 Å². The molecule has 1 atom stereocenters. The van der Waals surface area contributed by atoms with Crippen LogP contribution in [0.15, 0.2) is 0 Å². The van der Waals surface area contributed by atoms with E-state index in [-0.39, 0.29) is 5.91 Å². The number of rotatable bonds is 3. The predicted molar refractivity (Wildman–Crippen MR) is 42.1 cm³/mol. The third-order valence-electron chi connectivity index (χ3n) is 1.71. The third kappa shape index (κ3) is 1.88. The first-order valence-corrected chi connectivity index (χ1v) is 4.33. The van der Waals surface area contributed by atoms with Crippen LogP contribution in [0.5, 0.6) is 0 Å². The topological polar surface area (TPSA) is 49.3 Å². The highest BCUT2D eigenvalue weighted by Gasteiger charge is 2.29. The highest BCUT2D eigenvalue weighted by Crippen LogP contribution is 2.25. The van der Waals surface area contributed by atoms with Crippen LogP contribution in [0.4, 0.5) is 0 Å². The lowest BCUT2D eigenvalue weighted by atomic mass is 10.1. The van der Waals surface area contributed by atoms with Gasteiger partial charge in [-0.2, -0.15) is 0 Å². The standard InChI is InChI=1S/C6H13NO2S/c1-4-6(2,10-3)5(8)7-9/h9H,4H2,1-3H3,(H,7,8)/t6-/m1/s1. The molecule has 0 aromatic rings. The lowest BCUT2D eigenvalue weighted by Crippen LogP contribution is -2.39. The maximum atomic E-state index is 10.9. The molecule has 0 radical (unpaired) electrons. The summed E-state index contributed by atoms with van der Waals surface area (Å²) in [7, 11) is 0. The maximum Gasteiger partial charge on any atom is 0.259 e. The third-order valence-corrected chi connectivity index (χ3v) is 3.08. The fourth-order valence-corrected chi connectivity index (χ4v) is 1.04. The summed E-state index contributed by atoms with van der Waals surface area (Å²) in [6.07, 6.45) is 2.55. The Balaban J connectivity index is 4.17. The van der Waals surface area contributed by atoms with Crippen LogP contribution in [0.1, 0.15) is 20.3 Å². The SMILES string of the molecule is CC[C@@](C)(SC)C(=O)NO. The van der Waals surface area contributed by atoms with Crippen molar-refractivity contribution in [2.45, 2.75) is 25.0 Å². The van der Waals surface area contributed by atoms with Crippen LogP contribution in [0, 0.1) is 0 Å². The van der Waals surface area contributed by atoms with Gasteiger partial charge in [-0.05, 0) is 19.6 Å². The molecule has 3 nitrogen and oxygen atoms in total. The van der Waals surface area contributed by atoms with E-state index in [1.54, 1.807) is 12.4 Å². The molecule has 0 spiro atoms. The minimum Gasteiger partial charge on any atom is -0.289 e. The molecule has 10 heavy (non-hydrogen) atoms. The fraction of sp³-hybridized carbons (Fsp3) is 0.833. The van der Waals surface area contributed by atoms with E-state index in [9.17, 15) is 4.79 Å². The van der Waals surface area contributed by atoms with E-state index in [0.29, 0.717) is 6.42 Å². The molecule has 2 N–H and O–H groups in total. The van der Waals surface area contributed by atoms with Crippen molar-refractivity contribution in [1.82, 2.24) is 5.48 Å². The molecule has 60 valence electrons. The number of hydrogen-bond acceptors (Lipinski definition) is 3. The van der Waals surface area contributed by atoms with Crippen LogP contribution in [0.25, 0.3) is 0 Å². The predicted octanol–water partition coefficient (Wildman–Crippen LogP) is 1.02. The molecule has 0 rings (SSSR count). The number of amides is 1. The second kappa shape index (κ2) is 3.83. The maximum absolute atomic E-state index is 10.9. The Hall–Kier alpha value is -0.220. The molecule has 0 aromatic carbocycles. The van der Waals surface area contributed by atoms with Crippen molar-refractivity contribution in [3.63, 3.8) is 0 Å². The van der Waals surface area contributed by atoms with Gasteiger partial charge in [0, 0.05) is 0 Å². The van der Waals surface area contributed by atoms with Gasteiger partial charge in [0.1, 0.15) is 0 Å². The van der Waals surface area contributed by atoms with E-state index < -0.39 is 4.75 Å². The Bertz CT molecular complexity index is 123. The van der Waals surface area contributed by atoms with Gasteiger partial charge in [0.15, 0.2) is 0 Å². The highest BCUT2D eigenvalue weighted by molar-refractivity contribution is 8.00. The second-order valence-electron chi connectivity index (χ2n) is 2.23. The van der Waals surface area contributed by atoms with Crippen molar-refractivity contribution in [1.29, 1.82) is 0 Å². The lowest BCUT2D eigenvalue weighted by Gasteiger charge is -2.22. The Morgan fingerprint density at radius 1 is 1.80 bits per heavy atom. The normalized spacial score (nSPS) is 16.0. The summed E-state index contributed by atoms with van der Waals surface area (Å²) in [4.78, 5) is 10.9. The van der Waals surface area contributed by atoms with Crippen molar-refractivity contribution in [2.75, 3.05) is 6.26 Å². The number of thioether (sulfide) groups is 1. The Morgan fingerprint density at radius 3 is 2.40 bits per heavy atom. The molecule has 0 aliphatic rings. The highest BCUT2D eigenvalue weighted by atomic mass is 32.2. The first-order chi connectivity index (χ1) is 4.60. The van der Waals surface area contributed by atoms with Crippen molar-refractivity contribution in [3.05, 3.63) is 0 Å². The molecule has 1 amide bonds. The molecule has 4 heteroatoms. The van der Waals surface area contributed by atoms with Crippen LogP contribution in [-0.4, -0.2) is 22.1 Å². The Kier molecular flexibility index (Phi) is 3.75. The molecule has 0 aromatic heterocycles. The average molecular weight is 163 g/mol. The van der Waals surface area contributed by atoms with Crippen LogP contribution >= 0.6 is 11.8 Å². The molecule has 0 aliphatic carbocycles. The van der Waals surface area contributed by atoms with Gasteiger partial charge >= 0.3 is 0 Å². The number of carbonyl (C=O) groups is 1. The molecular formula is C6H13NO2S. The van der Waals surface area contributed by atoms with Crippen LogP contribution < -0.4 is 5.48 Å². The zero-order valence-electron chi connectivity index (χ0n) is 6.47. The largest absolute Gasteiger partial charge is 0.289 e. The Morgan fingerprint density at radius 2 is 2.30 bits per heavy atom. The fourth-order valence-electron chi connectivity index (χ4n) is 0.516. The van der Waals surface area contributed by atoms with E-state index >= 15 is 0 Å². The monoisotopic (exact) mass is 163 g/mol. The summed E-state index contributed by atoms with van der Waals surface area (Å²) in [5.41, 5.74) is 1.65. The van der Waals surface area contributed by atoms with Crippen LogP contribution in [0.3, 0.4) is 0 Å². The number of hydroxylamine groups is 1. The summed E-state index contributed by atoms with van der Waals surface area (Å²) in [6.45, 7) is 3.70. The molecule has 0 heterocycles. The molecule has 0 fully saturated rings. The Labute approximate surface area is 65.1 Å². The van der Waals surface area contributed by atoms with Crippen LogP contribution in [0.2, 0.25) is 0 Å². The van der Waals surface area contributed by atoms with E-state index in [0.717, 1.165) is 0 Å². The number of hydrogen-bond donors (Lipinski definition) is 2. The quantitative estimate of drug-likeness (QED) is 0.482. The van der Waals surface area contributed by atoms with Gasteiger partial charge in [-0.25, -0.2) is 5.48 Å². The van der Waals surface area contributed by atoms with E-state index in [2.05, 4.69) is 0 Å². The van der Waals surface area contributed by atoms with Crippen molar-refractivity contribution >= 4 is 17.7 Å². The van der Waals surface area contributed by atoms with Gasteiger partial charge in [0.2, 0.25) is 0 Å². The lowest BCUT2D eigenvalue weighted by molar-refractivity contribution is -0.131. The average Bonchev–Trinajstić information content (AvgIpc) is 2.01.